The second kappa shape index (κ2) is 9.59. The lowest BCUT2D eigenvalue weighted by Gasteiger charge is -2.22. The molecule has 1 saturated carbocycles. The number of carbonyl (C=O) groups is 2. The van der Waals surface area contributed by atoms with Crippen LogP contribution in [0.4, 0.5) is 0 Å². The third-order valence-electron chi connectivity index (χ3n) is 5.05. The summed E-state index contributed by atoms with van der Waals surface area (Å²) < 4.78 is 5.85. The number of hydrogen-bond acceptors (Lipinski definition) is 3. The van der Waals surface area contributed by atoms with Crippen molar-refractivity contribution in [3.8, 4) is 5.75 Å². The van der Waals surface area contributed by atoms with Crippen molar-refractivity contribution in [2.24, 2.45) is 0 Å². The Hall–Kier alpha value is -2.82. The highest BCUT2D eigenvalue weighted by Gasteiger charge is 2.29. The van der Waals surface area contributed by atoms with Crippen LogP contribution in [0.15, 0.2) is 54.6 Å². The van der Waals surface area contributed by atoms with E-state index in [-0.39, 0.29) is 17.9 Å². The third kappa shape index (κ3) is 6.34. The van der Waals surface area contributed by atoms with Crippen LogP contribution in [0.5, 0.6) is 5.75 Å². The number of benzene rings is 2. The van der Waals surface area contributed by atoms with Gasteiger partial charge in [-0.3, -0.25) is 9.59 Å². The van der Waals surface area contributed by atoms with Gasteiger partial charge in [0.15, 0.2) is 6.10 Å². The van der Waals surface area contributed by atoms with E-state index >= 15 is 0 Å². The van der Waals surface area contributed by atoms with Crippen LogP contribution in [-0.2, 0) is 16.0 Å². The molecule has 2 aromatic carbocycles. The van der Waals surface area contributed by atoms with Gasteiger partial charge in [0.1, 0.15) is 11.8 Å². The minimum Gasteiger partial charge on any atom is -0.481 e. The Kier molecular flexibility index (Phi) is 6.91. The van der Waals surface area contributed by atoms with Crippen molar-refractivity contribution < 1.29 is 14.3 Å². The van der Waals surface area contributed by atoms with Crippen molar-refractivity contribution in [1.82, 2.24) is 10.6 Å². The summed E-state index contributed by atoms with van der Waals surface area (Å²) in [4.78, 5) is 25.4. The zero-order chi connectivity index (χ0) is 20.8. The van der Waals surface area contributed by atoms with Gasteiger partial charge in [0.2, 0.25) is 5.91 Å². The number of ether oxygens (including phenoxy) is 1. The number of rotatable bonds is 9. The van der Waals surface area contributed by atoms with Gasteiger partial charge in [-0.15, -0.1) is 0 Å². The summed E-state index contributed by atoms with van der Waals surface area (Å²) in [5, 5.41) is 5.87. The van der Waals surface area contributed by atoms with E-state index in [0.717, 1.165) is 24.0 Å². The topological polar surface area (TPSA) is 67.4 Å². The first-order valence-electron chi connectivity index (χ1n) is 10.3. The Morgan fingerprint density at radius 1 is 1.00 bits per heavy atom. The minimum atomic E-state index is -0.704. The van der Waals surface area contributed by atoms with Crippen molar-refractivity contribution in [3.63, 3.8) is 0 Å². The highest BCUT2D eigenvalue weighted by atomic mass is 16.5. The first kappa shape index (κ1) is 20.9. The van der Waals surface area contributed by atoms with E-state index in [1.165, 1.54) is 0 Å². The fourth-order valence-electron chi connectivity index (χ4n) is 3.08. The summed E-state index contributed by atoms with van der Waals surface area (Å²) >= 11 is 0. The maximum absolute atomic E-state index is 12.8. The van der Waals surface area contributed by atoms with Gasteiger partial charge in [0, 0.05) is 12.5 Å². The first-order chi connectivity index (χ1) is 13.9. The predicted octanol–water partition coefficient (Wildman–Crippen LogP) is 3.58. The molecule has 5 nitrogen and oxygen atoms in total. The molecule has 0 spiro atoms. The highest BCUT2D eigenvalue weighted by molar-refractivity contribution is 5.89. The van der Waals surface area contributed by atoms with E-state index in [1.54, 1.807) is 6.92 Å². The molecular weight excluding hydrogens is 364 g/mol. The Morgan fingerprint density at radius 2 is 1.72 bits per heavy atom. The molecule has 3 rings (SSSR count). The van der Waals surface area contributed by atoms with Crippen molar-refractivity contribution in [2.45, 2.75) is 64.1 Å². The van der Waals surface area contributed by atoms with Crippen LogP contribution in [0.25, 0.3) is 0 Å². The van der Waals surface area contributed by atoms with Crippen LogP contribution in [-0.4, -0.2) is 30.0 Å². The molecule has 0 radical (unpaired) electrons. The van der Waals surface area contributed by atoms with E-state index in [1.807, 2.05) is 54.6 Å². The molecule has 2 unspecified atom stereocenters. The predicted molar refractivity (Wildman–Crippen MR) is 114 cm³/mol. The van der Waals surface area contributed by atoms with Gasteiger partial charge < -0.3 is 15.4 Å². The molecule has 29 heavy (non-hydrogen) atoms. The standard InChI is InChI=1S/C24H30N2O3/c1-16(2)19-10-7-11-21(15-19)29-17(3)23(27)26-22(24(28)25-20-12-13-20)14-18-8-5-4-6-9-18/h4-11,15-17,20,22H,12-14H2,1-3H3,(H,25,28)(H,26,27). The Morgan fingerprint density at radius 3 is 2.38 bits per heavy atom. The molecule has 2 aromatic rings. The summed E-state index contributed by atoms with van der Waals surface area (Å²) in [5.41, 5.74) is 2.16. The zero-order valence-electron chi connectivity index (χ0n) is 17.4. The van der Waals surface area contributed by atoms with E-state index in [0.29, 0.717) is 18.1 Å². The molecule has 2 atom stereocenters. The largest absolute Gasteiger partial charge is 0.481 e. The number of amides is 2. The van der Waals surface area contributed by atoms with E-state index in [9.17, 15) is 9.59 Å². The lowest BCUT2D eigenvalue weighted by molar-refractivity contribution is -0.132. The summed E-state index contributed by atoms with van der Waals surface area (Å²) in [5.74, 6) is 0.593. The first-order valence-corrected chi connectivity index (χ1v) is 10.3. The van der Waals surface area contributed by atoms with Gasteiger partial charge >= 0.3 is 0 Å². The molecule has 0 bridgehead atoms. The SMILES string of the molecule is CC(Oc1cccc(C(C)C)c1)C(=O)NC(Cc1ccccc1)C(=O)NC1CC1. The molecular formula is C24H30N2O3. The van der Waals surface area contributed by atoms with Crippen molar-refractivity contribution in [1.29, 1.82) is 0 Å². The molecule has 5 heteroatoms. The Labute approximate surface area is 172 Å². The van der Waals surface area contributed by atoms with E-state index in [2.05, 4.69) is 24.5 Å². The van der Waals surface area contributed by atoms with Gasteiger partial charge in [-0.05, 0) is 48.9 Å². The summed E-state index contributed by atoms with van der Waals surface area (Å²) in [6.45, 7) is 5.93. The van der Waals surface area contributed by atoms with Gasteiger partial charge in [0.25, 0.3) is 5.91 Å². The van der Waals surface area contributed by atoms with Crippen molar-refractivity contribution in [3.05, 3.63) is 65.7 Å². The quantitative estimate of drug-likeness (QED) is 0.683. The van der Waals surface area contributed by atoms with Crippen LogP contribution in [0.2, 0.25) is 0 Å². The lowest BCUT2D eigenvalue weighted by atomic mass is 10.0. The van der Waals surface area contributed by atoms with Crippen LogP contribution in [0, 0.1) is 0 Å². The van der Waals surface area contributed by atoms with Crippen LogP contribution < -0.4 is 15.4 Å². The van der Waals surface area contributed by atoms with Crippen LogP contribution in [0.1, 0.15) is 50.7 Å². The molecule has 2 amide bonds. The minimum absolute atomic E-state index is 0.140. The summed E-state index contributed by atoms with van der Waals surface area (Å²) in [6.07, 6.45) is 1.75. The molecule has 0 aromatic heterocycles. The third-order valence-corrected chi connectivity index (χ3v) is 5.05. The molecule has 1 aliphatic rings. The molecule has 1 fully saturated rings. The molecule has 0 aliphatic heterocycles. The summed E-state index contributed by atoms with van der Waals surface area (Å²) in [7, 11) is 0. The maximum atomic E-state index is 12.8. The van der Waals surface area contributed by atoms with E-state index < -0.39 is 12.1 Å². The fraction of sp³-hybridized carbons (Fsp3) is 0.417. The highest BCUT2D eigenvalue weighted by Crippen LogP contribution is 2.21. The van der Waals surface area contributed by atoms with Gasteiger partial charge in [-0.1, -0.05) is 56.3 Å². The number of carbonyl (C=O) groups excluding carboxylic acids is 2. The smallest absolute Gasteiger partial charge is 0.261 e. The van der Waals surface area contributed by atoms with Gasteiger partial charge in [-0.25, -0.2) is 0 Å². The van der Waals surface area contributed by atoms with E-state index in [4.69, 9.17) is 4.74 Å². The average Bonchev–Trinajstić information content (AvgIpc) is 3.52. The molecule has 1 aliphatic carbocycles. The zero-order valence-corrected chi connectivity index (χ0v) is 17.4. The van der Waals surface area contributed by atoms with Crippen molar-refractivity contribution >= 4 is 11.8 Å². The normalized spacial score (nSPS) is 15.4. The summed E-state index contributed by atoms with van der Waals surface area (Å²) in [6, 6.07) is 17.1. The maximum Gasteiger partial charge on any atom is 0.261 e. The lowest BCUT2D eigenvalue weighted by Crippen LogP contribution is -2.51. The second-order valence-corrected chi connectivity index (χ2v) is 8.02. The average molecular weight is 395 g/mol. The van der Waals surface area contributed by atoms with Crippen molar-refractivity contribution in [2.75, 3.05) is 0 Å². The number of nitrogens with one attached hydrogen (secondary N) is 2. The van der Waals surface area contributed by atoms with Crippen LogP contribution >= 0.6 is 0 Å². The second-order valence-electron chi connectivity index (χ2n) is 8.02. The fourth-order valence-corrected chi connectivity index (χ4v) is 3.08. The van der Waals surface area contributed by atoms with Crippen LogP contribution in [0.3, 0.4) is 0 Å². The Balaban J connectivity index is 1.64. The van der Waals surface area contributed by atoms with Gasteiger partial charge in [0.05, 0.1) is 0 Å². The monoisotopic (exact) mass is 394 g/mol. The Bertz CT molecular complexity index is 831. The molecule has 154 valence electrons. The van der Waals surface area contributed by atoms with Gasteiger partial charge in [-0.2, -0.15) is 0 Å². The molecule has 2 N–H and O–H groups in total. The number of hydrogen-bond donors (Lipinski definition) is 2. The molecule has 0 saturated heterocycles. The molecule has 0 heterocycles.